The maximum Gasteiger partial charge on any atom is 0.407 e. The van der Waals surface area contributed by atoms with Gasteiger partial charge in [-0.05, 0) is 84.1 Å². The van der Waals surface area contributed by atoms with Gasteiger partial charge in [0.1, 0.15) is 49.4 Å². The Hall–Kier alpha value is -7.07. The van der Waals surface area contributed by atoms with Crippen LogP contribution in [0.5, 0.6) is 0 Å². The monoisotopic (exact) mass is 924 g/mol. The van der Waals surface area contributed by atoms with Gasteiger partial charge >= 0.3 is 12.1 Å². The molecule has 1 aliphatic carbocycles. The van der Waals surface area contributed by atoms with Crippen LogP contribution in [-0.4, -0.2) is 94.8 Å². The van der Waals surface area contributed by atoms with Crippen molar-refractivity contribution in [2.45, 2.75) is 65.3 Å². The number of carbonyl (C=O) groups excluding carboxylic acids is 2. The van der Waals surface area contributed by atoms with E-state index in [9.17, 15) is 19.5 Å². The average Bonchev–Trinajstić information content (AvgIpc) is 3.66. The number of ether oxygens (including phenoxy) is 1. The Morgan fingerprint density at radius 2 is 1.63 bits per heavy atom. The molecule has 0 radical (unpaired) electrons. The van der Waals surface area contributed by atoms with Crippen LogP contribution in [0.2, 0.25) is 13.1 Å². The molecule has 0 saturated carbocycles. The molecule has 2 saturated heterocycles. The zero-order valence-corrected chi connectivity index (χ0v) is 38.8. The van der Waals surface area contributed by atoms with E-state index in [-0.39, 0.29) is 42.4 Å². The molecule has 0 spiro atoms. The third kappa shape index (κ3) is 7.37. The molecule has 1 aromatic heterocycles. The second-order valence-electron chi connectivity index (χ2n) is 19.0. The van der Waals surface area contributed by atoms with E-state index in [2.05, 4.69) is 50.3 Å². The number of benzene rings is 4. The number of carbonyl (C=O) groups is 3. The number of nitrogens with one attached hydrogen (secondary N) is 1. The van der Waals surface area contributed by atoms with Crippen molar-refractivity contribution < 1.29 is 42.0 Å². The van der Waals surface area contributed by atoms with E-state index in [4.69, 9.17) is 4.74 Å². The molecule has 2 N–H and O–H groups in total. The van der Waals surface area contributed by atoms with Crippen molar-refractivity contribution in [3.8, 4) is 28.2 Å². The van der Waals surface area contributed by atoms with Crippen molar-refractivity contribution >= 4 is 53.9 Å². The van der Waals surface area contributed by atoms with E-state index in [1.54, 1.807) is 69.3 Å². The molecule has 342 valence electrons. The van der Waals surface area contributed by atoms with Gasteiger partial charge in [0, 0.05) is 60.6 Å². The summed E-state index contributed by atoms with van der Waals surface area (Å²) in [4.78, 5) is 43.8. The molecule has 67 heavy (non-hydrogen) atoms. The topological polar surface area (TPSA) is 133 Å². The van der Waals surface area contributed by atoms with Crippen LogP contribution in [0.4, 0.5) is 29.3 Å². The molecule has 0 bridgehead atoms. The van der Waals surface area contributed by atoms with Crippen LogP contribution in [0.15, 0.2) is 95.7 Å². The second kappa shape index (κ2) is 16.4. The van der Waals surface area contributed by atoms with Crippen molar-refractivity contribution in [3.63, 3.8) is 0 Å². The highest BCUT2D eigenvalue weighted by Crippen LogP contribution is 2.48. The Morgan fingerprint density at radius 1 is 0.896 bits per heavy atom. The molecular formula is C51H49F3N7O5Si+. The number of fused-ring (bicyclic) bond motifs is 7. The number of carboxylic acids is 1. The predicted octanol–water partition coefficient (Wildman–Crippen LogP) is 8.31. The Kier molecular flexibility index (Phi) is 10.7. The fraction of sp³-hybridized carbons (Fsp3) is 0.294. The number of amides is 2. The number of alkyl carbamates (subject to hydrolysis) is 1. The Labute approximate surface area is 386 Å². The van der Waals surface area contributed by atoms with Crippen LogP contribution in [-0.2, 0) is 16.1 Å². The van der Waals surface area contributed by atoms with Crippen LogP contribution in [0.3, 0.4) is 0 Å². The molecule has 5 aliphatic rings. The number of allylic oxidation sites excluding steroid dienone is 5. The molecule has 5 aromatic rings. The Balaban J connectivity index is 1.19. The minimum atomic E-state index is -2.63. The fourth-order valence-electron chi connectivity index (χ4n) is 9.76. The second-order valence-corrected chi connectivity index (χ2v) is 23.3. The molecule has 4 aliphatic heterocycles. The van der Waals surface area contributed by atoms with Gasteiger partial charge in [-0.2, -0.15) is 0 Å². The highest BCUT2D eigenvalue weighted by atomic mass is 28.3. The quantitative estimate of drug-likeness (QED) is 0.0947. The summed E-state index contributed by atoms with van der Waals surface area (Å²) in [6.45, 7) is 13.2. The lowest BCUT2D eigenvalue weighted by molar-refractivity contribution is -0.582. The number of anilines is 2. The van der Waals surface area contributed by atoms with Crippen LogP contribution in [0, 0.1) is 17.5 Å². The van der Waals surface area contributed by atoms with Crippen molar-refractivity contribution in [1.82, 2.24) is 20.3 Å². The fourth-order valence-corrected chi connectivity index (χ4v) is 12.8. The lowest BCUT2D eigenvalue weighted by atomic mass is 9.86. The maximum absolute atomic E-state index is 18.4. The third-order valence-electron chi connectivity index (χ3n) is 13.3. The van der Waals surface area contributed by atoms with E-state index in [1.165, 1.54) is 4.90 Å². The van der Waals surface area contributed by atoms with Gasteiger partial charge in [-0.25, -0.2) is 32.0 Å². The number of para-hydroxylation sites is 1. The van der Waals surface area contributed by atoms with Crippen molar-refractivity contribution in [1.29, 1.82) is 0 Å². The van der Waals surface area contributed by atoms with E-state index in [1.807, 2.05) is 24.3 Å². The van der Waals surface area contributed by atoms with Gasteiger partial charge in [0.05, 0.1) is 18.7 Å². The Bertz CT molecular complexity index is 3100. The SMILES string of the molecule is CC(C)(C)OC(=O)NCCC(=O)N1Cc2ccccc2-c2nnn(-c3c(F)c(F)c(C(=O)O)c(C4=C5C=CC(=[N+]6CCC6)C=C5[Si](C)(C)c5cc(N6CCC6)ccc54)c3F)c2-c2ccccc21. The molecule has 4 aromatic carbocycles. The van der Waals surface area contributed by atoms with Crippen molar-refractivity contribution in [2.24, 2.45) is 0 Å². The van der Waals surface area contributed by atoms with Crippen molar-refractivity contribution in [3.05, 3.63) is 135 Å². The molecule has 16 heteroatoms. The minimum Gasteiger partial charge on any atom is -0.478 e. The molecule has 10 rings (SSSR count). The van der Waals surface area contributed by atoms with E-state index in [0.717, 1.165) is 65.5 Å². The average molecular weight is 925 g/mol. The van der Waals surface area contributed by atoms with Gasteiger partial charge < -0.3 is 25.0 Å². The molecule has 12 nitrogen and oxygen atoms in total. The predicted molar refractivity (Wildman–Crippen MR) is 252 cm³/mol. The first-order valence-corrected chi connectivity index (χ1v) is 25.5. The van der Waals surface area contributed by atoms with Gasteiger partial charge in [-0.3, -0.25) is 4.79 Å². The number of rotatable bonds is 7. The summed E-state index contributed by atoms with van der Waals surface area (Å²) in [7, 11) is -2.63. The van der Waals surface area contributed by atoms with Gasteiger partial charge in [0.25, 0.3) is 0 Å². The normalized spacial score (nSPS) is 16.9. The maximum atomic E-state index is 18.4. The number of carboxylic acid groups (broad SMARTS) is 1. The summed E-state index contributed by atoms with van der Waals surface area (Å²) >= 11 is 0. The van der Waals surface area contributed by atoms with Crippen LogP contribution in [0.1, 0.15) is 67.1 Å². The number of hydrogen-bond donors (Lipinski definition) is 2. The standard InChI is InChI=1S/C51H48F3N7O5Si/c1-51(2,3)66-50(65)55-21-20-39(62)60-28-29-12-6-7-13-32(29)46-47(33-14-8-9-15-36(33)60)61(57-56-46)48-44(53)41(42(49(63)64)43(52)45(48)54)40-34-18-16-30(58-22-10-23-58)26-37(34)67(4,5)38-27-31(17-19-35(38)40)59-24-11-25-59/h6-9,12-19,26-27H,10-11,20-25,28H2,1-5H3,(H-,55,63,64,65)/p+1. The molecule has 0 atom stereocenters. The highest BCUT2D eigenvalue weighted by Gasteiger charge is 2.44. The summed E-state index contributed by atoms with van der Waals surface area (Å²) in [5.74, 6) is -7.10. The summed E-state index contributed by atoms with van der Waals surface area (Å²) in [6.07, 6.45) is 7.18. The van der Waals surface area contributed by atoms with Crippen LogP contribution < -0.4 is 20.3 Å². The van der Waals surface area contributed by atoms with E-state index >= 15 is 13.2 Å². The lowest BCUT2D eigenvalue weighted by Gasteiger charge is -2.40. The van der Waals surface area contributed by atoms with Gasteiger partial charge in [0.2, 0.25) is 5.91 Å². The van der Waals surface area contributed by atoms with Crippen LogP contribution >= 0.6 is 0 Å². The number of aromatic carboxylic acids is 1. The first-order chi connectivity index (χ1) is 32.0. The molecule has 2 amide bonds. The summed E-state index contributed by atoms with van der Waals surface area (Å²) < 4.78 is 61.2. The highest BCUT2D eigenvalue weighted by molar-refractivity contribution is 6.98. The van der Waals surface area contributed by atoms with E-state index in [0.29, 0.717) is 33.5 Å². The summed E-state index contributed by atoms with van der Waals surface area (Å²) in [6, 6.07) is 19.7. The first kappa shape index (κ1) is 43.8. The van der Waals surface area contributed by atoms with E-state index < -0.39 is 60.0 Å². The Morgan fingerprint density at radius 3 is 2.31 bits per heavy atom. The minimum absolute atomic E-state index is 0.0417. The van der Waals surface area contributed by atoms with Gasteiger partial charge in [-0.1, -0.05) is 66.8 Å². The van der Waals surface area contributed by atoms with Crippen molar-refractivity contribution in [2.75, 3.05) is 42.5 Å². The summed E-state index contributed by atoms with van der Waals surface area (Å²) in [5, 5.41) is 24.1. The molecular weight excluding hydrogens is 876 g/mol. The smallest absolute Gasteiger partial charge is 0.407 e. The zero-order chi connectivity index (χ0) is 47.1. The number of nitrogens with zero attached hydrogens (tertiary/aromatic N) is 6. The zero-order valence-electron chi connectivity index (χ0n) is 37.8. The van der Waals surface area contributed by atoms with Crippen LogP contribution in [0.25, 0.3) is 33.8 Å². The number of hydrogen-bond acceptors (Lipinski definition) is 7. The van der Waals surface area contributed by atoms with Gasteiger partial charge in [0.15, 0.2) is 23.2 Å². The molecule has 0 unspecified atom stereocenters. The summed E-state index contributed by atoms with van der Waals surface area (Å²) in [5.41, 5.74) is 1.75. The number of aromatic nitrogens is 3. The molecule has 5 heterocycles. The lowest BCUT2D eigenvalue weighted by Crippen LogP contribution is -2.50. The van der Waals surface area contributed by atoms with Gasteiger partial charge in [-0.15, -0.1) is 5.10 Å². The third-order valence-corrected chi connectivity index (χ3v) is 16.9. The first-order valence-electron chi connectivity index (χ1n) is 22.5. The number of halogens is 3. The largest absolute Gasteiger partial charge is 0.478 e. The molecule has 2 fully saturated rings.